The highest BCUT2D eigenvalue weighted by molar-refractivity contribution is 5.98. The van der Waals surface area contributed by atoms with Crippen LogP contribution in [0.15, 0.2) is 23.0 Å². The van der Waals surface area contributed by atoms with Gasteiger partial charge in [-0.25, -0.2) is 9.78 Å². The number of pyridine rings is 2. The van der Waals surface area contributed by atoms with Crippen LogP contribution in [0.2, 0.25) is 0 Å². The number of nitrogens with zero attached hydrogens (tertiary/aromatic N) is 2. The molecule has 0 radical (unpaired) electrons. The SMILES string of the molecule is Cc1cc(=O)n(C)c(C)c1C(=O)N[C@@H](CCOC1CC(CCc2ccc3c(n2)NCCC3)C1)C(=O)O. The number of aryl methyl sites for hydroxylation is 3. The lowest BCUT2D eigenvalue weighted by atomic mass is 9.79. The van der Waals surface area contributed by atoms with E-state index in [4.69, 9.17) is 9.72 Å². The summed E-state index contributed by atoms with van der Waals surface area (Å²) in [6.07, 6.45) is 6.50. The number of carbonyl (C=O) groups excluding carboxylic acids is 1. The van der Waals surface area contributed by atoms with Crippen molar-refractivity contribution < 1.29 is 19.4 Å². The lowest BCUT2D eigenvalue weighted by Crippen LogP contribution is -2.43. The Hall–Kier alpha value is -3.20. The smallest absolute Gasteiger partial charge is 0.326 e. The Bertz CT molecular complexity index is 1190. The van der Waals surface area contributed by atoms with Gasteiger partial charge in [-0.1, -0.05) is 6.07 Å². The maximum atomic E-state index is 12.8. The Morgan fingerprint density at radius 1 is 1.31 bits per heavy atom. The normalized spacial score (nSPS) is 19.5. The molecule has 1 amide bonds. The molecule has 1 fully saturated rings. The van der Waals surface area contributed by atoms with Gasteiger partial charge < -0.3 is 25.0 Å². The van der Waals surface area contributed by atoms with Crippen molar-refractivity contribution in [2.24, 2.45) is 13.0 Å². The molecule has 9 nitrogen and oxygen atoms in total. The minimum atomic E-state index is -1.11. The first kappa shape index (κ1) is 25.9. The summed E-state index contributed by atoms with van der Waals surface area (Å²) in [5.41, 5.74) is 3.57. The van der Waals surface area contributed by atoms with Crippen LogP contribution < -0.4 is 16.2 Å². The first-order chi connectivity index (χ1) is 17.2. The Morgan fingerprint density at radius 2 is 2.08 bits per heavy atom. The molecule has 9 heteroatoms. The number of amides is 1. The number of ether oxygens (including phenoxy) is 1. The van der Waals surface area contributed by atoms with E-state index in [0.29, 0.717) is 22.7 Å². The second-order valence-corrected chi connectivity index (χ2v) is 10.0. The average molecular weight is 497 g/mol. The van der Waals surface area contributed by atoms with Crippen LogP contribution in [0.25, 0.3) is 0 Å². The van der Waals surface area contributed by atoms with E-state index < -0.39 is 17.9 Å². The average Bonchev–Trinajstić information content (AvgIpc) is 2.82. The first-order valence-electron chi connectivity index (χ1n) is 12.8. The van der Waals surface area contributed by atoms with Gasteiger partial charge in [0.25, 0.3) is 11.5 Å². The van der Waals surface area contributed by atoms with Gasteiger partial charge in [-0.15, -0.1) is 0 Å². The minimum absolute atomic E-state index is 0.131. The molecule has 1 saturated carbocycles. The number of nitrogens with one attached hydrogen (secondary N) is 2. The van der Waals surface area contributed by atoms with Crippen LogP contribution in [0.5, 0.6) is 0 Å². The number of fused-ring (bicyclic) bond motifs is 1. The van der Waals surface area contributed by atoms with Crippen LogP contribution in [0.3, 0.4) is 0 Å². The molecule has 1 aliphatic heterocycles. The van der Waals surface area contributed by atoms with E-state index in [0.717, 1.165) is 56.6 Å². The standard InChI is InChI=1S/C27H36N4O5/c1-16-13-23(32)31(3)17(2)24(16)26(33)30-22(27(34)35)10-12-36-21-14-18(15-21)6-8-20-9-7-19-5-4-11-28-25(19)29-20/h7,9,13,18,21-22H,4-6,8,10-12,14-15H2,1-3H3,(H,28,29)(H,30,33)(H,34,35)/t18?,21?,22-/m0/s1. The lowest BCUT2D eigenvalue weighted by molar-refractivity contribution is -0.140. The number of rotatable bonds is 10. The molecule has 1 aliphatic carbocycles. The Balaban J connectivity index is 1.20. The molecule has 3 heterocycles. The third-order valence-corrected chi connectivity index (χ3v) is 7.47. The number of aromatic nitrogens is 2. The van der Waals surface area contributed by atoms with Crippen LogP contribution in [0.4, 0.5) is 5.82 Å². The van der Waals surface area contributed by atoms with Crippen molar-refractivity contribution in [1.29, 1.82) is 0 Å². The second kappa shape index (κ2) is 11.2. The van der Waals surface area contributed by atoms with E-state index in [9.17, 15) is 19.5 Å². The molecule has 0 unspecified atom stereocenters. The highest BCUT2D eigenvalue weighted by Crippen LogP contribution is 2.34. The zero-order chi connectivity index (χ0) is 25.8. The van der Waals surface area contributed by atoms with Gasteiger partial charge in [0, 0.05) is 44.1 Å². The lowest BCUT2D eigenvalue weighted by Gasteiger charge is -2.35. The summed E-state index contributed by atoms with van der Waals surface area (Å²) in [6, 6.07) is 4.65. The van der Waals surface area contributed by atoms with Gasteiger partial charge in [-0.2, -0.15) is 0 Å². The summed E-state index contributed by atoms with van der Waals surface area (Å²) in [5.74, 6) is 0.0232. The summed E-state index contributed by atoms with van der Waals surface area (Å²) in [4.78, 5) is 41.2. The van der Waals surface area contributed by atoms with Gasteiger partial charge in [0.2, 0.25) is 0 Å². The van der Waals surface area contributed by atoms with Crippen molar-refractivity contribution in [2.75, 3.05) is 18.5 Å². The van der Waals surface area contributed by atoms with Crippen LogP contribution in [-0.2, 0) is 29.4 Å². The van der Waals surface area contributed by atoms with Gasteiger partial charge in [0.15, 0.2) is 0 Å². The monoisotopic (exact) mass is 496 g/mol. The first-order valence-corrected chi connectivity index (χ1v) is 12.8. The van der Waals surface area contributed by atoms with Crippen LogP contribution in [-0.4, -0.2) is 51.8 Å². The van der Waals surface area contributed by atoms with Crippen molar-refractivity contribution >= 4 is 17.7 Å². The number of carboxylic acid groups (broad SMARTS) is 1. The highest BCUT2D eigenvalue weighted by atomic mass is 16.5. The van der Waals surface area contributed by atoms with E-state index in [1.165, 1.54) is 16.2 Å². The topological polar surface area (TPSA) is 123 Å². The molecule has 1 atom stereocenters. The summed E-state index contributed by atoms with van der Waals surface area (Å²) < 4.78 is 7.28. The molecule has 4 rings (SSSR count). The minimum Gasteiger partial charge on any atom is -0.480 e. The van der Waals surface area contributed by atoms with Crippen molar-refractivity contribution in [2.45, 2.75) is 70.9 Å². The highest BCUT2D eigenvalue weighted by Gasteiger charge is 2.30. The predicted molar refractivity (Wildman–Crippen MR) is 136 cm³/mol. The number of carboxylic acids is 1. The number of hydrogen-bond acceptors (Lipinski definition) is 6. The molecule has 0 aromatic carbocycles. The summed E-state index contributed by atoms with van der Waals surface area (Å²) in [6.45, 7) is 4.60. The van der Waals surface area contributed by atoms with Crippen molar-refractivity contribution in [3.8, 4) is 0 Å². The molecule has 36 heavy (non-hydrogen) atoms. The third kappa shape index (κ3) is 5.95. The number of carbonyl (C=O) groups is 2. The zero-order valence-corrected chi connectivity index (χ0v) is 21.3. The largest absolute Gasteiger partial charge is 0.480 e. The van der Waals surface area contributed by atoms with Crippen molar-refractivity contribution in [3.05, 3.63) is 56.6 Å². The van der Waals surface area contributed by atoms with Gasteiger partial charge >= 0.3 is 5.97 Å². The molecular weight excluding hydrogens is 460 g/mol. The predicted octanol–water partition coefficient (Wildman–Crippen LogP) is 2.76. The molecule has 194 valence electrons. The summed E-state index contributed by atoms with van der Waals surface area (Å²) in [7, 11) is 1.59. The molecular formula is C27H36N4O5. The molecule has 2 aromatic rings. The maximum Gasteiger partial charge on any atom is 0.326 e. The summed E-state index contributed by atoms with van der Waals surface area (Å²) in [5, 5.41) is 15.6. The molecule has 2 aliphatic rings. The molecule has 0 saturated heterocycles. The zero-order valence-electron chi connectivity index (χ0n) is 21.3. The van der Waals surface area contributed by atoms with Gasteiger partial charge in [-0.05, 0) is 75.5 Å². The Labute approximate surface area is 211 Å². The van der Waals surface area contributed by atoms with Crippen LogP contribution in [0, 0.1) is 19.8 Å². The van der Waals surface area contributed by atoms with E-state index >= 15 is 0 Å². The van der Waals surface area contributed by atoms with Crippen LogP contribution in [0.1, 0.15) is 65.0 Å². The van der Waals surface area contributed by atoms with Crippen LogP contribution >= 0.6 is 0 Å². The van der Waals surface area contributed by atoms with Gasteiger partial charge in [-0.3, -0.25) is 9.59 Å². The van der Waals surface area contributed by atoms with E-state index in [1.54, 1.807) is 20.9 Å². The fourth-order valence-electron chi connectivity index (χ4n) is 5.06. The maximum absolute atomic E-state index is 12.8. The Kier molecular flexibility index (Phi) is 8.08. The number of hydrogen-bond donors (Lipinski definition) is 3. The second-order valence-electron chi connectivity index (χ2n) is 10.0. The molecule has 3 N–H and O–H groups in total. The number of aliphatic carboxylic acids is 1. The molecule has 0 spiro atoms. The number of anilines is 1. The van der Waals surface area contributed by atoms with Gasteiger partial charge in [0.1, 0.15) is 11.9 Å². The van der Waals surface area contributed by atoms with Gasteiger partial charge in [0.05, 0.1) is 11.7 Å². The Morgan fingerprint density at radius 3 is 2.83 bits per heavy atom. The van der Waals surface area contributed by atoms with Crippen molar-refractivity contribution in [3.63, 3.8) is 0 Å². The van der Waals surface area contributed by atoms with E-state index in [1.807, 2.05) is 0 Å². The quantitative estimate of drug-likeness (QED) is 0.462. The van der Waals surface area contributed by atoms with E-state index in [-0.39, 0.29) is 24.7 Å². The van der Waals surface area contributed by atoms with E-state index in [2.05, 4.69) is 22.8 Å². The summed E-state index contributed by atoms with van der Waals surface area (Å²) >= 11 is 0. The third-order valence-electron chi connectivity index (χ3n) is 7.47. The fraction of sp³-hybridized carbons (Fsp3) is 0.556. The molecule has 0 bridgehead atoms. The fourth-order valence-corrected chi connectivity index (χ4v) is 5.06. The van der Waals surface area contributed by atoms with Crippen molar-refractivity contribution in [1.82, 2.24) is 14.9 Å². The molecule has 2 aromatic heterocycles.